The van der Waals surface area contributed by atoms with Gasteiger partial charge in [0.2, 0.25) is 5.12 Å². The Labute approximate surface area is 71.0 Å². The minimum Gasteiger partial charge on any atom is -0.377 e. The second kappa shape index (κ2) is 4.03. The molecule has 0 saturated carbocycles. The highest BCUT2D eigenvalue weighted by molar-refractivity contribution is 7.96. The zero-order valence-electron chi connectivity index (χ0n) is 5.95. The van der Waals surface area contributed by atoms with Crippen molar-refractivity contribution in [3.8, 4) is 0 Å². The third-order valence-electron chi connectivity index (χ3n) is 1.22. The highest BCUT2D eigenvalue weighted by Crippen LogP contribution is 2.03. The molecule has 0 aliphatic rings. The van der Waals surface area contributed by atoms with E-state index in [1.165, 1.54) is 0 Å². The van der Waals surface area contributed by atoms with E-state index in [-0.39, 0.29) is 11.7 Å². The first-order chi connectivity index (χ1) is 5.29. The van der Waals surface area contributed by atoms with Crippen molar-refractivity contribution < 1.29 is 4.79 Å². The molecule has 0 aliphatic carbocycles. The molecule has 1 aromatic rings. The van der Waals surface area contributed by atoms with Gasteiger partial charge in [0.1, 0.15) is 0 Å². The van der Waals surface area contributed by atoms with E-state index in [0.29, 0.717) is 0 Å². The van der Waals surface area contributed by atoms with Crippen LogP contribution in [-0.2, 0) is 4.79 Å². The Hall–Kier alpha value is -0.960. The fraction of sp³-hybridized carbons (Fsp3) is 0.125. The number of hydrogen-bond donors (Lipinski definition) is 2. The summed E-state index contributed by atoms with van der Waals surface area (Å²) in [5.74, 6) is 0. The summed E-state index contributed by atoms with van der Waals surface area (Å²) in [6, 6.07) is 9.54. The van der Waals surface area contributed by atoms with E-state index < -0.39 is 0 Å². The van der Waals surface area contributed by atoms with Gasteiger partial charge in [0.25, 0.3) is 0 Å². The number of benzene rings is 1. The lowest BCUT2D eigenvalue weighted by molar-refractivity contribution is -0.109. The van der Waals surface area contributed by atoms with Gasteiger partial charge in [0.15, 0.2) is 0 Å². The van der Waals surface area contributed by atoms with Crippen LogP contribution in [-0.4, -0.2) is 11.7 Å². The van der Waals surface area contributed by atoms with Crippen LogP contribution in [0.1, 0.15) is 0 Å². The molecule has 0 aliphatic heterocycles. The highest BCUT2D eigenvalue weighted by atomic mass is 32.1. The SMILES string of the molecule is O=C(S)CNc1ccccc1. The molecular weight excluding hydrogens is 158 g/mol. The first kappa shape index (κ1) is 8.14. The number of nitrogens with one attached hydrogen (secondary N) is 1. The Kier molecular flexibility index (Phi) is 2.98. The summed E-state index contributed by atoms with van der Waals surface area (Å²) in [5, 5.41) is 2.76. The molecule has 0 radical (unpaired) electrons. The predicted molar refractivity (Wildman–Crippen MR) is 48.9 cm³/mol. The lowest BCUT2D eigenvalue weighted by atomic mass is 10.3. The molecule has 0 fully saturated rings. The standard InChI is InChI=1S/C8H9NOS/c10-8(11)6-9-7-4-2-1-3-5-7/h1-5,9H,6H2,(H,10,11). The summed E-state index contributed by atoms with van der Waals surface area (Å²) in [6.07, 6.45) is 0. The Bertz CT molecular complexity index is 235. The van der Waals surface area contributed by atoms with Gasteiger partial charge in [-0.2, -0.15) is 0 Å². The molecule has 2 nitrogen and oxygen atoms in total. The molecule has 0 amide bonds. The summed E-state index contributed by atoms with van der Waals surface area (Å²) in [4.78, 5) is 10.4. The maximum absolute atomic E-state index is 10.4. The molecule has 1 N–H and O–H groups in total. The van der Waals surface area contributed by atoms with Crippen LogP contribution in [0.25, 0.3) is 0 Å². The molecule has 0 atom stereocenters. The van der Waals surface area contributed by atoms with Crippen LogP contribution in [0.2, 0.25) is 0 Å². The fourth-order valence-electron chi connectivity index (χ4n) is 0.734. The number of hydrogen-bond acceptors (Lipinski definition) is 2. The third kappa shape index (κ3) is 3.09. The largest absolute Gasteiger partial charge is 0.377 e. The average Bonchev–Trinajstić information content (AvgIpc) is 2.03. The minimum atomic E-state index is -0.158. The zero-order chi connectivity index (χ0) is 8.10. The number of rotatable bonds is 3. The molecule has 0 bridgehead atoms. The molecular formula is C8H9NOS. The van der Waals surface area contributed by atoms with E-state index in [9.17, 15) is 4.79 Å². The maximum Gasteiger partial charge on any atom is 0.204 e. The monoisotopic (exact) mass is 167 g/mol. The number of carbonyl (C=O) groups is 1. The van der Waals surface area contributed by atoms with Gasteiger partial charge in [0.05, 0.1) is 6.54 Å². The lowest BCUT2D eigenvalue weighted by Gasteiger charge is -2.00. The third-order valence-corrected chi connectivity index (χ3v) is 1.38. The quantitative estimate of drug-likeness (QED) is 0.669. The van der Waals surface area contributed by atoms with Crippen LogP contribution >= 0.6 is 12.6 Å². The zero-order valence-corrected chi connectivity index (χ0v) is 6.84. The Morgan fingerprint density at radius 2 is 2.00 bits per heavy atom. The number of thiol groups is 1. The van der Waals surface area contributed by atoms with Crippen molar-refractivity contribution in [1.29, 1.82) is 0 Å². The van der Waals surface area contributed by atoms with Crippen LogP contribution in [0.3, 0.4) is 0 Å². The second-order valence-electron chi connectivity index (χ2n) is 2.11. The van der Waals surface area contributed by atoms with E-state index in [1.54, 1.807) is 0 Å². The van der Waals surface area contributed by atoms with Gasteiger partial charge in [-0.3, -0.25) is 4.79 Å². The van der Waals surface area contributed by atoms with Crippen LogP contribution in [0.5, 0.6) is 0 Å². The van der Waals surface area contributed by atoms with Gasteiger partial charge in [-0.05, 0) is 12.1 Å². The summed E-state index contributed by atoms with van der Waals surface area (Å²) in [7, 11) is 0. The first-order valence-electron chi connectivity index (χ1n) is 3.30. The number of para-hydroxylation sites is 1. The average molecular weight is 167 g/mol. The van der Waals surface area contributed by atoms with E-state index in [0.717, 1.165) is 5.69 Å². The highest BCUT2D eigenvalue weighted by Gasteiger charge is 1.92. The summed E-state index contributed by atoms with van der Waals surface area (Å²) < 4.78 is 0. The van der Waals surface area contributed by atoms with E-state index in [2.05, 4.69) is 17.9 Å². The molecule has 0 aromatic heterocycles. The van der Waals surface area contributed by atoms with Crippen molar-refractivity contribution in [1.82, 2.24) is 0 Å². The van der Waals surface area contributed by atoms with Crippen LogP contribution in [0.15, 0.2) is 30.3 Å². The van der Waals surface area contributed by atoms with Crippen LogP contribution < -0.4 is 5.32 Å². The number of anilines is 1. The molecule has 1 aromatic carbocycles. The Morgan fingerprint density at radius 3 is 2.55 bits per heavy atom. The smallest absolute Gasteiger partial charge is 0.204 e. The summed E-state index contributed by atoms with van der Waals surface area (Å²) >= 11 is 3.63. The molecule has 58 valence electrons. The molecule has 3 heteroatoms. The van der Waals surface area contributed by atoms with Gasteiger partial charge in [-0.1, -0.05) is 18.2 Å². The van der Waals surface area contributed by atoms with Gasteiger partial charge in [-0.25, -0.2) is 0 Å². The van der Waals surface area contributed by atoms with E-state index in [1.807, 2.05) is 30.3 Å². The van der Waals surface area contributed by atoms with Gasteiger partial charge < -0.3 is 5.32 Å². The van der Waals surface area contributed by atoms with Gasteiger partial charge in [-0.15, -0.1) is 12.6 Å². The molecule has 11 heavy (non-hydrogen) atoms. The van der Waals surface area contributed by atoms with Gasteiger partial charge in [0, 0.05) is 5.69 Å². The Morgan fingerprint density at radius 1 is 1.36 bits per heavy atom. The second-order valence-corrected chi connectivity index (χ2v) is 2.61. The fourth-order valence-corrected chi connectivity index (χ4v) is 0.813. The predicted octanol–water partition coefficient (Wildman–Crippen LogP) is 1.55. The molecule has 0 unspecified atom stereocenters. The number of carbonyl (C=O) groups excluding carboxylic acids is 1. The van der Waals surface area contributed by atoms with Crippen molar-refractivity contribution >= 4 is 23.4 Å². The summed E-state index contributed by atoms with van der Waals surface area (Å²) in [5.41, 5.74) is 0.940. The van der Waals surface area contributed by atoms with Crippen molar-refractivity contribution in [2.24, 2.45) is 0 Å². The molecule has 1 rings (SSSR count). The van der Waals surface area contributed by atoms with E-state index >= 15 is 0 Å². The van der Waals surface area contributed by atoms with Crippen LogP contribution in [0, 0.1) is 0 Å². The van der Waals surface area contributed by atoms with Gasteiger partial charge >= 0.3 is 0 Å². The normalized spacial score (nSPS) is 9.18. The van der Waals surface area contributed by atoms with Crippen molar-refractivity contribution in [2.45, 2.75) is 0 Å². The lowest BCUT2D eigenvalue weighted by Crippen LogP contribution is -2.07. The maximum atomic E-state index is 10.4. The molecule has 0 saturated heterocycles. The topological polar surface area (TPSA) is 29.1 Å². The van der Waals surface area contributed by atoms with Crippen LogP contribution in [0.4, 0.5) is 5.69 Å². The first-order valence-corrected chi connectivity index (χ1v) is 3.74. The van der Waals surface area contributed by atoms with Crippen molar-refractivity contribution in [3.05, 3.63) is 30.3 Å². The van der Waals surface area contributed by atoms with Crippen molar-refractivity contribution in [2.75, 3.05) is 11.9 Å². The minimum absolute atomic E-state index is 0.158. The summed E-state index contributed by atoms with van der Waals surface area (Å²) in [6.45, 7) is 0.271. The van der Waals surface area contributed by atoms with E-state index in [4.69, 9.17) is 0 Å². The molecule has 0 spiro atoms. The van der Waals surface area contributed by atoms with Crippen molar-refractivity contribution in [3.63, 3.8) is 0 Å². The molecule has 0 heterocycles. The Balaban J connectivity index is 2.45.